The maximum absolute atomic E-state index is 12.7. The summed E-state index contributed by atoms with van der Waals surface area (Å²) < 4.78 is 5.33. The molecule has 1 aromatic carbocycles. The Morgan fingerprint density at radius 2 is 1.89 bits per heavy atom. The third-order valence-electron chi connectivity index (χ3n) is 4.34. The van der Waals surface area contributed by atoms with Gasteiger partial charge in [0.1, 0.15) is 5.70 Å². The number of nitrogens with one attached hydrogen (secondary N) is 2. The lowest BCUT2D eigenvalue weighted by molar-refractivity contribution is -0.117. The standard InChI is InChI=1S/C21H24N4O3/c26-20(18-6-2-1-3-7-18)24-19(15-17-5-4-8-22-16-17)21(27)23-9-10-25-11-13-28-14-12-25/h1-8,15-16H,9-14H2,(H,23,27)(H,24,26)/b19-15-. The van der Waals surface area contributed by atoms with Crippen molar-refractivity contribution in [3.8, 4) is 0 Å². The summed E-state index contributed by atoms with van der Waals surface area (Å²) >= 11 is 0. The molecular weight excluding hydrogens is 356 g/mol. The van der Waals surface area contributed by atoms with Crippen molar-refractivity contribution in [2.45, 2.75) is 0 Å². The number of amides is 2. The van der Waals surface area contributed by atoms with Crippen molar-refractivity contribution in [3.63, 3.8) is 0 Å². The summed E-state index contributed by atoms with van der Waals surface area (Å²) in [6, 6.07) is 12.4. The molecule has 1 aliphatic rings. The lowest BCUT2D eigenvalue weighted by Crippen LogP contribution is -2.42. The van der Waals surface area contributed by atoms with Gasteiger partial charge in [-0.2, -0.15) is 0 Å². The molecule has 2 amide bonds. The zero-order valence-corrected chi connectivity index (χ0v) is 15.6. The Morgan fingerprint density at radius 1 is 1.11 bits per heavy atom. The van der Waals surface area contributed by atoms with E-state index in [0.29, 0.717) is 25.3 Å². The molecular formula is C21H24N4O3. The van der Waals surface area contributed by atoms with E-state index in [0.717, 1.165) is 25.2 Å². The van der Waals surface area contributed by atoms with Gasteiger partial charge < -0.3 is 15.4 Å². The van der Waals surface area contributed by atoms with Crippen molar-refractivity contribution in [2.24, 2.45) is 0 Å². The Balaban J connectivity index is 1.65. The molecule has 2 heterocycles. The molecule has 1 saturated heterocycles. The van der Waals surface area contributed by atoms with Crippen LogP contribution >= 0.6 is 0 Å². The maximum Gasteiger partial charge on any atom is 0.267 e. The van der Waals surface area contributed by atoms with Crippen molar-refractivity contribution in [1.82, 2.24) is 20.5 Å². The quantitative estimate of drug-likeness (QED) is 0.708. The Hall–Kier alpha value is -3.03. The van der Waals surface area contributed by atoms with E-state index in [9.17, 15) is 9.59 Å². The highest BCUT2D eigenvalue weighted by molar-refractivity contribution is 6.05. The van der Waals surface area contributed by atoms with Gasteiger partial charge in [-0.15, -0.1) is 0 Å². The molecule has 1 aliphatic heterocycles. The number of ether oxygens (including phenoxy) is 1. The fraction of sp³-hybridized carbons (Fsp3) is 0.286. The summed E-state index contributed by atoms with van der Waals surface area (Å²) in [4.78, 5) is 31.5. The number of carbonyl (C=O) groups is 2. The number of nitrogens with zero attached hydrogens (tertiary/aromatic N) is 2. The first-order chi connectivity index (χ1) is 13.7. The molecule has 146 valence electrons. The lowest BCUT2D eigenvalue weighted by atomic mass is 10.2. The van der Waals surface area contributed by atoms with E-state index in [1.807, 2.05) is 12.1 Å². The number of morpholine rings is 1. The SMILES string of the molecule is O=C(NCCN1CCOCC1)/C(=C/c1cccnc1)NC(=O)c1ccccc1. The van der Waals surface area contributed by atoms with E-state index in [2.05, 4.69) is 20.5 Å². The third kappa shape index (κ3) is 6.00. The smallest absolute Gasteiger partial charge is 0.267 e. The first kappa shape index (κ1) is 19.7. The molecule has 0 unspecified atom stereocenters. The van der Waals surface area contributed by atoms with Crippen molar-refractivity contribution >= 4 is 17.9 Å². The van der Waals surface area contributed by atoms with Gasteiger partial charge in [0, 0.05) is 44.1 Å². The number of hydrogen-bond donors (Lipinski definition) is 2. The minimum Gasteiger partial charge on any atom is -0.379 e. The van der Waals surface area contributed by atoms with Gasteiger partial charge in [-0.05, 0) is 29.8 Å². The zero-order chi connectivity index (χ0) is 19.6. The zero-order valence-electron chi connectivity index (χ0n) is 15.6. The molecule has 0 spiro atoms. The van der Waals surface area contributed by atoms with Crippen LogP contribution < -0.4 is 10.6 Å². The highest BCUT2D eigenvalue weighted by Gasteiger charge is 2.15. The second kappa shape index (κ2) is 10.3. The van der Waals surface area contributed by atoms with Gasteiger partial charge in [0.25, 0.3) is 11.8 Å². The lowest BCUT2D eigenvalue weighted by Gasteiger charge is -2.26. The van der Waals surface area contributed by atoms with E-state index in [4.69, 9.17) is 4.74 Å². The van der Waals surface area contributed by atoms with Crippen LogP contribution in [-0.2, 0) is 9.53 Å². The summed E-state index contributed by atoms with van der Waals surface area (Å²) in [6.07, 6.45) is 4.91. The van der Waals surface area contributed by atoms with Crippen molar-refractivity contribution < 1.29 is 14.3 Å². The fourth-order valence-corrected chi connectivity index (χ4v) is 2.82. The molecule has 0 saturated carbocycles. The maximum atomic E-state index is 12.7. The molecule has 28 heavy (non-hydrogen) atoms. The summed E-state index contributed by atoms with van der Waals surface area (Å²) in [5.41, 5.74) is 1.40. The van der Waals surface area contributed by atoms with Crippen LogP contribution in [0.25, 0.3) is 6.08 Å². The minimum atomic E-state index is -0.334. The monoisotopic (exact) mass is 380 g/mol. The normalized spacial score (nSPS) is 15.1. The van der Waals surface area contributed by atoms with Gasteiger partial charge in [0.05, 0.1) is 13.2 Å². The number of pyridine rings is 1. The van der Waals surface area contributed by atoms with Crippen LogP contribution in [0.4, 0.5) is 0 Å². The Bertz CT molecular complexity index is 803. The topological polar surface area (TPSA) is 83.6 Å². The third-order valence-corrected chi connectivity index (χ3v) is 4.34. The molecule has 3 rings (SSSR count). The van der Waals surface area contributed by atoms with Crippen LogP contribution in [0.3, 0.4) is 0 Å². The van der Waals surface area contributed by atoms with Crippen LogP contribution in [0.2, 0.25) is 0 Å². The van der Waals surface area contributed by atoms with E-state index < -0.39 is 0 Å². The average Bonchev–Trinajstić information content (AvgIpc) is 2.75. The Kier molecular flexibility index (Phi) is 7.29. The van der Waals surface area contributed by atoms with Crippen molar-refractivity contribution in [2.75, 3.05) is 39.4 Å². The molecule has 0 atom stereocenters. The van der Waals surface area contributed by atoms with Gasteiger partial charge in [-0.1, -0.05) is 24.3 Å². The molecule has 2 aromatic rings. The van der Waals surface area contributed by atoms with Crippen LogP contribution in [-0.4, -0.2) is 61.1 Å². The molecule has 0 aliphatic carbocycles. The number of aromatic nitrogens is 1. The van der Waals surface area contributed by atoms with Crippen LogP contribution in [0.15, 0.2) is 60.6 Å². The number of hydrogen-bond acceptors (Lipinski definition) is 5. The number of benzene rings is 1. The van der Waals surface area contributed by atoms with E-state index in [1.54, 1.807) is 48.8 Å². The Labute approximate surface area is 164 Å². The molecule has 7 heteroatoms. The first-order valence-corrected chi connectivity index (χ1v) is 9.29. The van der Waals surface area contributed by atoms with E-state index in [-0.39, 0.29) is 17.5 Å². The van der Waals surface area contributed by atoms with Crippen LogP contribution in [0.1, 0.15) is 15.9 Å². The highest BCUT2D eigenvalue weighted by Crippen LogP contribution is 2.06. The van der Waals surface area contributed by atoms with Crippen LogP contribution in [0.5, 0.6) is 0 Å². The molecule has 1 fully saturated rings. The van der Waals surface area contributed by atoms with Crippen molar-refractivity contribution in [3.05, 3.63) is 71.7 Å². The first-order valence-electron chi connectivity index (χ1n) is 9.29. The number of rotatable bonds is 7. The van der Waals surface area contributed by atoms with Gasteiger partial charge in [-0.25, -0.2) is 0 Å². The molecule has 7 nitrogen and oxygen atoms in total. The van der Waals surface area contributed by atoms with E-state index >= 15 is 0 Å². The van der Waals surface area contributed by atoms with Gasteiger partial charge in [0.2, 0.25) is 0 Å². The summed E-state index contributed by atoms with van der Waals surface area (Å²) in [5.74, 6) is -0.666. The summed E-state index contributed by atoms with van der Waals surface area (Å²) in [5, 5.41) is 5.60. The van der Waals surface area contributed by atoms with Crippen LogP contribution in [0, 0.1) is 0 Å². The predicted octanol–water partition coefficient (Wildman–Crippen LogP) is 1.30. The molecule has 0 bridgehead atoms. The average molecular weight is 380 g/mol. The van der Waals surface area contributed by atoms with Gasteiger partial charge in [-0.3, -0.25) is 19.5 Å². The predicted molar refractivity (Wildman–Crippen MR) is 106 cm³/mol. The Morgan fingerprint density at radius 3 is 2.61 bits per heavy atom. The fourth-order valence-electron chi connectivity index (χ4n) is 2.82. The van der Waals surface area contributed by atoms with Gasteiger partial charge >= 0.3 is 0 Å². The largest absolute Gasteiger partial charge is 0.379 e. The summed E-state index contributed by atoms with van der Waals surface area (Å²) in [7, 11) is 0. The second-order valence-corrected chi connectivity index (χ2v) is 6.37. The van der Waals surface area contributed by atoms with E-state index in [1.165, 1.54) is 0 Å². The minimum absolute atomic E-state index is 0.184. The molecule has 0 radical (unpaired) electrons. The number of carbonyl (C=O) groups excluding carboxylic acids is 2. The van der Waals surface area contributed by atoms with Crippen molar-refractivity contribution in [1.29, 1.82) is 0 Å². The molecule has 2 N–H and O–H groups in total. The second-order valence-electron chi connectivity index (χ2n) is 6.37. The summed E-state index contributed by atoms with van der Waals surface area (Å²) in [6.45, 7) is 4.38. The van der Waals surface area contributed by atoms with Gasteiger partial charge in [0.15, 0.2) is 0 Å². The highest BCUT2D eigenvalue weighted by atomic mass is 16.5. The molecule has 1 aromatic heterocycles.